The van der Waals surface area contributed by atoms with Gasteiger partial charge in [-0.25, -0.2) is 4.79 Å². The van der Waals surface area contributed by atoms with Crippen molar-refractivity contribution in [3.63, 3.8) is 0 Å². The van der Waals surface area contributed by atoms with E-state index in [4.69, 9.17) is 0 Å². The molecule has 0 radical (unpaired) electrons. The van der Waals surface area contributed by atoms with Crippen LogP contribution >= 0.6 is 11.3 Å². The van der Waals surface area contributed by atoms with E-state index >= 15 is 0 Å². The summed E-state index contributed by atoms with van der Waals surface area (Å²) in [5.74, 6) is -0.172. The predicted octanol–water partition coefficient (Wildman–Crippen LogP) is 5.00. The topological polar surface area (TPSA) is 42.2 Å². The fraction of sp³-hybridized carbons (Fsp3) is 0.526. The number of rotatable bonds is 2. The molecular formula is C19H25NO2S. The maximum atomic E-state index is 11.9. The summed E-state index contributed by atoms with van der Waals surface area (Å²) in [7, 11) is 0. The Bertz CT molecular complexity index is 742. The monoisotopic (exact) mass is 331 g/mol. The van der Waals surface area contributed by atoms with Crippen molar-refractivity contribution in [1.82, 2.24) is 4.57 Å². The number of nitrogens with zero attached hydrogens (tertiary/aromatic N) is 1. The normalized spacial score (nSPS) is 18.0. The number of fused-ring (bicyclic) bond motifs is 1. The van der Waals surface area contributed by atoms with E-state index in [-0.39, 0.29) is 5.41 Å². The van der Waals surface area contributed by atoms with Gasteiger partial charge in [0.15, 0.2) is 0 Å². The molecule has 2 aromatic rings. The number of hydrogen-bond donors (Lipinski definition) is 1. The minimum Gasteiger partial charge on any atom is -0.478 e. The van der Waals surface area contributed by atoms with Crippen LogP contribution in [0.1, 0.15) is 59.4 Å². The van der Waals surface area contributed by atoms with E-state index in [1.165, 1.54) is 4.88 Å². The van der Waals surface area contributed by atoms with Crippen LogP contribution in [-0.4, -0.2) is 15.6 Å². The highest BCUT2D eigenvalue weighted by molar-refractivity contribution is 7.15. The minimum atomic E-state index is -0.792. The minimum absolute atomic E-state index is 0.268. The molecule has 1 N–H and O–H groups in total. The molecule has 3 rings (SSSR count). The number of carboxylic acids is 1. The average molecular weight is 331 g/mol. The second-order valence-electron chi connectivity index (χ2n) is 7.75. The maximum Gasteiger partial charge on any atom is 0.339 e. The Morgan fingerprint density at radius 2 is 1.87 bits per heavy atom. The van der Waals surface area contributed by atoms with Crippen molar-refractivity contribution in [2.75, 3.05) is 0 Å². The van der Waals surface area contributed by atoms with E-state index in [9.17, 15) is 9.90 Å². The molecule has 0 amide bonds. The van der Waals surface area contributed by atoms with Crippen molar-refractivity contribution < 1.29 is 9.90 Å². The van der Waals surface area contributed by atoms with Gasteiger partial charge >= 0.3 is 5.97 Å². The van der Waals surface area contributed by atoms with Crippen LogP contribution in [0.4, 0.5) is 0 Å². The van der Waals surface area contributed by atoms with Gasteiger partial charge in [0.05, 0.1) is 5.56 Å². The Kier molecular flexibility index (Phi) is 3.91. The van der Waals surface area contributed by atoms with Gasteiger partial charge in [0.25, 0.3) is 0 Å². The molecule has 2 heterocycles. The molecule has 1 atom stereocenters. The lowest BCUT2D eigenvalue weighted by Gasteiger charge is -2.33. The molecule has 1 aliphatic carbocycles. The molecule has 4 heteroatoms. The first-order valence-corrected chi connectivity index (χ1v) is 9.05. The van der Waals surface area contributed by atoms with Crippen molar-refractivity contribution in [1.29, 1.82) is 0 Å². The molecule has 124 valence electrons. The zero-order valence-corrected chi connectivity index (χ0v) is 15.4. The van der Waals surface area contributed by atoms with Gasteiger partial charge in [-0.05, 0) is 62.1 Å². The third-order valence-electron chi connectivity index (χ3n) is 5.16. The first-order valence-electron chi connectivity index (χ1n) is 8.23. The number of aryl methyl sites for hydroxylation is 2. The van der Waals surface area contributed by atoms with Gasteiger partial charge in [-0.1, -0.05) is 20.8 Å². The molecule has 0 unspecified atom stereocenters. The molecule has 0 spiro atoms. The Morgan fingerprint density at radius 3 is 2.39 bits per heavy atom. The standard InChI is InChI=1S/C19H25NO2S/c1-11-6-7-12(2)20(11)17-16(18(21)22)14-9-8-13(19(3,4)5)10-15(14)23-17/h6-7,13H,8-10H2,1-5H3,(H,21,22)/t13-/m0/s1. The Labute approximate surface area is 142 Å². The highest BCUT2D eigenvalue weighted by atomic mass is 32.1. The Hall–Kier alpha value is -1.55. The molecule has 3 nitrogen and oxygen atoms in total. The molecule has 1 aliphatic rings. The van der Waals surface area contributed by atoms with Gasteiger partial charge in [0, 0.05) is 16.3 Å². The molecule has 0 saturated carbocycles. The van der Waals surface area contributed by atoms with Crippen molar-refractivity contribution >= 4 is 17.3 Å². The van der Waals surface area contributed by atoms with Crippen LogP contribution in [-0.2, 0) is 12.8 Å². The number of aromatic carboxylic acids is 1. The zero-order valence-electron chi connectivity index (χ0n) is 14.6. The highest BCUT2D eigenvalue weighted by Crippen LogP contribution is 2.44. The molecule has 2 aromatic heterocycles. The number of thiophene rings is 1. The van der Waals surface area contributed by atoms with E-state index in [1.807, 2.05) is 13.8 Å². The van der Waals surface area contributed by atoms with Crippen LogP contribution < -0.4 is 0 Å². The number of carboxylic acid groups (broad SMARTS) is 1. The van der Waals surface area contributed by atoms with Crippen LogP contribution in [0.5, 0.6) is 0 Å². The maximum absolute atomic E-state index is 11.9. The summed E-state index contributed by atoms with van der Waals surface area (Å²) in [4.78, 5) is 13.2. The number of carbonyl (C=O) groups is 1. The van der Waals surface area contributed by atoms with E-state index < -0.39 is 5.97 Å². The Morgan fingerprint density at radius 1 is 1.26 bits per heavy atom. The summed E-state index contributed by atoms with van der Waals surface area (Å²) < 4.78 is 2.10. The Balaban J connectivity index is 2.14. The number of hydrogen-bond acceptors (Lipinski definition) is 2. The van der Waals surface area contributed by atoms with Gasteiger partial charge in [0.2, 0.25) is 0 Å². The van der Waals surface area contributed by atoms with Crippen molar-refractivity contribution in [3.8, 4) is 5.00 Å². The first kappa shape index (κ1) is 16.3. The van der Waals surface area contributed by atoms with Crippen molar-refractivity contribution in [2.24, 2.45) is 11.3 Å². The summed E-state index contributed by atoms with van der Waals surface area (Å²) in [6.07, 6.45) is 2.97. The van der Waals surface area contributed by atoms with Crippen molar-refractivity contribution in [2.45, 2.75) is 53.9 Å². The molecule has 0 aromatic carbocycles. The second kappa shape index (κ2) is 5.52. The molecular weight excluding hydrogens is 306 g/mol. The van der Waals surface area contributed by atoms with Gasteiger partial charge in [-0.2, -0.15) is 0 Å². The van der Waals surface area contributed by atoms with E-state index in [0.717, 1.165) is 41.2 Å². The highest BCUT2D eigenvalue weighted by Gasteiger charge is 2.34. The van der Waals surface area contributed by atoms with Crippen LogP contribution in [0.3, 0.4) is 0 Å². The van der Waals surface area contributed by atoms with Crippen LogP contribution in [0.25, 0.3) is 5.00 Å². The van der Waals surface area contributed by atoms with E-state index in [2.05, 4.69) is 37.5 Å². The summed E-state index contributed by atoms with van der Waals surface area (Å²) in [5, 5.41) is 10.7. The summed E-state index contributed by atoms with van der Waals surface area (Å²) in [6.45, 7) is 10.9. The van der Waals surface area contributed by atoms with E-state index in [0.29, 0.717) is 11.5 Å². The third-order valence-corrected chi connectivity index (χ3v) is 6.40. The summed E-state index contributed by atoms with van der Waals surface area (Å²) in [5.41, 5.74) is 4.06. The van der Waals surface area contributed by atoms with Crippen molar-refractivity contribution in [3.05, 3.63) is 39.5 Å². The lowest BCUT2D eigenvalue weighted by molar-refractivity contribution is 0.0695. The summed E-state index contributed by atoms with van der Waals surface area (Å²) in [6, 6.07) is 4.11. The molecule has 0 saturated heterocycles. The second-order valence-corrected chi connectivity index (χ2v) is 8.83. The van der Waals surface area contributed by atoms with Gasteiger partial charge in [-0.15, -0.1) is 11.3 Å². The third kappa shape index (κ3) is 2.74. The lowest BCUT2D eigenvalue weighted by atomic mass is 9.72. The molecule has 0 fully saturated rings. The average Bonchev–Trinajstić information content (AvgIpc) is 2.96. The quantitative estimate of drug-likeness (QED) is 0.841. The van der Waals surface area contributed by atoms with Crippen LogP contribution in [0, 0.1) is 25.2 Å². The fourth-order valence-corrected chi connectivity index (χ4v) is 5.21. The van der Waals surface area contributed by atoms with Gasteiger partial charge in [-0.3, -0.25) is 0 Å². The van der Waals surface area contributed by atoms with Crippen LogP contribution in [0.15, 0.2) is 12.1 Å². The number of aromatic nitrogens is 1. The SMILES string of the molecule is Cc1ccc(C)n1-c1sc2c(c1C(=O)O)CC[C@H](C(C)(C)C)C2. The summed E-state index contributed by atoms with van der Waals surface area (Å²) >= 11 is 1.68. The lowest BCUT2D eigenvalue weighted by Crippen LogP contribution is -2.26. The zero-order chi connectivity index (χ0) is 16.9. The molecule has 23 heavy (non-hydrogen) atoms. The molecule has 0 bridgehead atoms. The first-order chi connectivity index (χ1) is 10.7. The molecule has 0 aliphatic heterocycles. The van der Waals surface area contributed by atoms with Crippen LogP contribution in [0.2, 0.25) is 0 Å². The van der Waals surface area contributed by atoms with E-state index in [1.54, 1.807) is 11.3 Å². The largest absolute Gasteiger partial charge is 0.478 e. The van der Waals surface area contributed by atoms with Gasteiger partial charge < -0.3 is 9.67 Å². The van der Waals surface area contributed by atoms with Gasteiger partial charge in [0.1, 0.15) is 5.00 Å². The smallest absolute Gasteiger partial charge is 0.339 e. The fourth-order valence-electron chi connectivity index (χ4n) is 3.68. The predicted molar refractivity (Wildman–Crippen MR) is 95.0 cm³/mol.